The van der Waals surface area contributed by atoms with Crippen molar-refractivity contribution in [3.8, 4) is 0 Å². The minimum atomic E-state index is -0.0509. The highest BCUT2D eigenvalue weighted by atomic mass is 79.9. The van der Waals surface area contributed by atoms with Gasteiger partial charge in [-0.3, -0.25) is 9.78 Å². The predicted molar refractivity (Wildman–Crippen MR) is 76.7 cm³/mol. The summed E-state index contributed by atoms with van der Waals surface area (Å²) in [5, 5.41) is 0. The zero-order chi connectivity index (χ0) is 12.4. The number of carbonyl (C=O) groups excluding carboxylic acids is 1. The highest BCUT2D eigenvalue weighted by Gasteiger charge is 2.18. The Balaban J connectivity index is 2.30. The number of hydrogen-bond donors (Lipinski definition) is 0. The fraction of sp³-hybridized carbons (Fsp3) is 0.0909. The first-order valence-corrected chi connectivity index (χ1v) is 7.13. The van der Waals surface area contributed by atoms with Crippen molar-refractivity contribution in [2.24, 2.45) is 0 Å². The van der Waals surface area contributed by atoms with Gasteiger partial charge in [-0.2, -0.15) is 0 Å². The van der Waals surface area contributed by atoms with E-state index in [1.54, 1.807) is 36.5 Å². The van der Waals surface area contributed by atoms with Crippen LogP contribution in [-0.2, 0) is 0 Å². The van der Waals surface area contributed by atoms with Crippen molar-refractivity contribution < 1.29 is 4.79 Å². The van der Waals surface area contributed by atoms with Crippen molar-refractivity contribution in [2.45, 2.75) is 0 Å². The van der Waals surface area contributed by atoms with Gasteiger partial charge in [-0.25, -0.2) is 0 Å². The number of aromatic nitrogens is 1. The second-order valence-electron chi connectivity index (χ2n) is 3.31. The van der Waals surface area contributed by atoms with Gasteiger partial charge in [-0.05, 0) is 50.1 Å². The third kappa shape index (κ3) is 2.75. The molecule has 0 N–H and O–H groups in total. The Morgan fingerprint density at radius 3 is 2.53 bits per heavy atom. The summed E-state index contributed by atoms with van der Waals surface area (Å²) in [5.74, 6) is -0.0509. The molecule has 2 aromatic rings. The molecule has 0 aromatic carbocycles. The number of amides is 1. The topological polar surface area (TPSA) is 33.2 Å². The van der Waals surface area contributed by atoms with Crippen LogP contribution in [0, 0.1) is 0 Å². The number of pyridine rings is 1. The van der Waals surface area contributed by atoms with Crippen molar-refractivity contribution >= 4 is 54.8 Å². The molecular weight excluding hydrogens is 368 g/mol. The second-order valence-corrected chi connectivity index (χ2v) is 7.06. The molecule has 6 heteroatoms. The molecule has 0 saturated heterocycles. The minimum Gasteiger partial charge on any atom is -0.311 e. The number of halogens is 2. The van der Waals surface area contributed by atoms with E-state index in [1.165, 1.54) is 11.3 Å². The Labute approximate surface area is 120 Å². The van der Waals surface area contributed by atoms with Gasteiger partial charge in [0.25, 0.3) is 5.91 Å². The molecular formula is C11H8Br2N2OS. The van der Waals surface area contributed by atoms with E-state index in [2.05, 4.69) is 36.8 Å². The van der Waals surface area contributed by atoms with E-state index in [9.17, 15) is 4.79 Å². The van der Waals surface area contributed by atoms with Gasteiger partial charge in [-0.15, -0.1) is 11.3 Å². The van der Waals surface area contributed by atoms with Crippen LogP contribution in [0.15, 0.2) is 38.2 Å². The lowest BCUT2D eigenvalue weighted by atomic mass is 10.3. The molecule has 0 fully saturated rings. The molecule has 17 heavy (non-hydrogen) atoms. The predicted octanol–water partition coefficient (Wildman–Crippen LogP) is 3.94. The molecule has 0 aliphatic rings. The zero-order valence-corrected chi connectivity index (χ0v) is 12.8. The zero-order valence-electron chi connectivity index (χ0n) is 8.85. The number of thiophene rings is 1. The molecule has 88 valence electrons. The van der Waals surface area contributed by atoms with Crippen LogP contribution in [0.4, 0.5) is 5.69 Å². The van der Waals surface area contributed by atoms with Crippen molar-refractivity contribution in [3.63, 3.8) is 0 Å². The summed E-state index contributed by atoms with van der Waals surface area (Å²) in [6.45, 7) is 0. The van der Waals surface area contributed by atoms with Gasteiger partial charge in [-0.1, -0.05) is 0 Å². The normalized spacial score (nSPS) is 10.3. The number of anilines is 1. The van der Waals surface area contributed by atoms with Crippen LogP contribution in [0.2, 0.25) is 0 Å². The number of nitrogens with zero attached hydrogens (tertiary/aromatic N) is 2. The number of rotatable bonds is 2. The molecule has 0 aliphatic heterocycles. The standard InChI is InChI=1S/C11H8Br2N2OS/c1-15(7-2-4-14-5-3-7)11(16)8-6-9(12)17-10(8)13/h2-6H,1H3. The Morgan fingerprint density at radius 1 is 1.35 bits per heavy atom. The molecule has 1 amide bonds. The van der Waals surface area contributed by atoms with Crippen molar-refractivity contribution in [2.75, 3.05) is 11.9 Å². The van der Waals surface area contributed by atoms with Crippen LogP contribution in [-0.4, -0.2) is 17.9 Å². The Kier molecular flexibility index (Phi) is 3.96. The summed E-state index contributed by atoms with van der Waals surface area (Å²) >= 11 is 8.24. The van der Waals surface area contributed by atoms with Crippen LogP contribution in [0.3, 0.4) is 0 Å². The van der Waals surface area contributed by atoms with Gasteiger partial charge in [0.15, 0.2) is 0 Å². The fourth-order valence-electron chi connectivity index (χ4n) is 1.35. The lowest BCUT2D eigenvalue weighted by molar-refractivity contribution is 0.0993. The Morgan fingerprint density at radius 2 is 2.00 bits per heavy atom. The maximum Gasteiger partial charge on any atom is 0.260 e. The van der Waals surface area contributed by atoms with Gasteiger partial charge in [0.2, 0.25) is 0 Å². The maximum atomic E-state index is 12.2. The van der Waals surface area contributed by atoms with Crippen LogP contribution in [0.5, 0.6) is 0 Å². The largest absolute Gasteiger partial charge is 0.311 e. The Hall–Kier alpha value is -0.720. The van der Waals surface area contributed by atoms with Crippen LogP contribution < -0.4 is 4.90 Å². The maximum absolute atomic E-state index is 12.2. The SMILES string of the molecule is CN(C(=O)c1cc(Br)sc1Br)c1ccncc1. The van der Waals surface area contributed by atoms with Crippen molar-refractivity contribution in [1.82, 2.24) is 4.98 Å². The van der Waals surface area contributed by atoms with E-state index >= 15 is 0 Å². The van der Waals surface area contributed by atoms with E-state index in [4.69, 9.17) is 0 Å². The summed E-state index contributed by atoms with van der Waals surface area (Å²) < 4.78 is 1.76. The highest BCUT2D eigenvalue weighted by molar-refractivity contribution is 9.12. The average molecular weight is 376 g/mol. The van der Waals surface area contributed by atoms with Gasteiger partial charge < -0.3 is 4.90 Å². The van der Waals surface area contributed by atoms with Gasteiger partial charge >= 0.3 is 0 Å². The monoisotopic (exact) mass is 374 g/mol. The molecule has 2 heterocycles. The molecule has 0 unspecified atom stereocenters. The van der Waals surface area contributed by atoms with Crippen molar-refractivity contribution in [1.29, 1.82) is 0 Å². The average Bonchev–Trinajstić information content (AvgIpc) is 2.68. The lowest BCUT2D eigenvalue weighted by Gasteiger charge is -2.16. The quantitative estimate of drug-likeness (QED) is 0.796. The number of carbonyl (C=O) groups is 1. The molecule has 2 rings (SSSR count). The first-order chi connectivity index (χ1) is 8.09. The van der Waals surface area contributed by atoms with E-state index in [1.807, 2.05) is 6.07 Å². The smallest absolute Gasteiger partial charge is 0.260 e. The second kappa shape index (κ2) is 5.29. The van der Waals surface area contributed by atoms with Crippen molar-refractivity contribution in [3.05, 3.63) is 43.7 Å². The highest BCUT2D eigenvalue weighted by Crippen LogP contribution is 2.33. The van der Waals surface area contributed by atoms with Gasteiger partial charge in [0.1, 0.15) is 0 Å². The first kappa shape index (κ1) is 12.7. The first-order valence-electron chi connectivity index (χ1n) is 4.72. The molecule has 0 saturated carbocycles. The third-order valence-electron chi connectivity index (χ3n) is 2.24. The molecule has 2 aromatic heterocycles. The molecule has 0 spiro atoms. The number of hydrogen-bond acceptors (Lipinski definition) is 3. The summed E-state index contributed by atoms with van der Waals surface area (Å²) in [7, 11) is 1.75. The third-order valence-corrected chi connectivity index (χ3v) is 4.58. The van der Waals surface area contributed by atoms with E-state index in [-0.39, 0.29) is 5.91 Å². The molecule has 0 radical (unpaired) electrons. The molecule has 0 atom stereocenters. The molecule has 3 nitrogen and oxygen atoms in total. The Bertz CT molecular complexity index is 542. The summed E-state index contributed by atoms with van der Waals surface area (Å²) in [5.41, 5.74) is 1.47. The summed E-state index contributed by atoms with van der Waals surface area (Å²) in [4.78, 5) is 17.8. The van der Waals surface area contributed by atoms with Gasteiger partial charge in [0, 0.05) is 25.1 Å². The van der Waals surface area contributed by atoms with Crippen LogP contribution in [0.1, 0.15) is 10.4 Å². The summed E-state index contributed by atoms with van der Waals surface area (Å²) in [6.07, 6.45) is 3.33. The van der Waals surface area contributed by atoms with E-state index in [0.29, 0.717) is 5.56 Å². The lowest BCUT2D eigenvalue weighted by Crippen LogP contribution is -2.25. The van der Waals surface area contributed by atoms with E-state index < -0.39 is 0 Å². The van der Waals surface area contributed by atoms with Crippen LogP contribution in [0.25, 0.3) is 0 Å². The van der Waals surface area contributed by atoms with E-state index in [0.717, 1.165) is 13.3 Å². The summed E-state index contributed by atoms with van der Waals surface area (Å²) in [6, 6.07) is 5.41. The fourth-order valence-corrected chi connectivity index (χ4v) is 4.13. The molecule has 0 aliphatic carbocycles. The van der Waals surface area contributed by atoms with Gasteiger partial charge in [0.05, 0.1) is 13.1 Å². The minimum absolute atomic E-state index is 0.0509. The van der Waals surface area contributed by atoms with Crippen LogP contribution >= 0.6 is 43.2 Å². The molecule has 0 bridgehead atoms.